The van der Waals surface area contributed by atoms with Crippen molar-refractivity contribution >= 4 is 17.5 Å². The zero-order valence-corrected chi connectivity index (χ0v) is 11.7. The number of nitrogens with zero attached hydrogens (tertiary/aromatic N) is 2. The molecule has 0 spiro atoms. The Morgan fingerprint density at radius 2 is 2.06 bits per heavy atom. The smallest absolute Gasteiger partial charge is 0.226 e. The molecule has 0 radical (unpaired) electrons. The van der Waals surface area contributed by atoms with E-state index < -0.39 is 0 Å². The topological polar surface area (TPSA) is 47.0 Å². The lowest BCUT2D eigenvalue weighted by molar-refractivity contribution is 0.232. The van der Waals surface area contributed by atoms with Crippen LogP contribution in [0.1, 0.15) is 39.5 Å². The predicted molar refractivity (Wildman–Crippen MR) is 73.3 cm³/mol. The van der Waals surface area contributed by atoms with E-state index in [0.717, 1.165) is 25.7 Å². The van der Waals surface area contributed by atoms with Crippen molar-refractivity contribution in [2.45, 2.75) is 57.1 Å². The molecule has 0 amide bonds. The zero-order chi connectivity index (χ0) is 13.0. The number of halogens is 1. The van der Waals surface area contributed by atoms with E-state index in [1.807, 2.05) is 13.8 Å². The zero-order valence-electron chi connectivity index (χ0n) is 10.9. The maximum atomic E-state index is 6.09. The van der Waals surface area contributed by atoms with Crippen LogP contribution in [0.15, 0.2) is 12.3 Å². The Balaban J connectivity index is 1.92. The molecule has 1 saturated carbocycles. The van der Waals surface area contributed by atoms with Crippen LogP contribution in [-0.4, -0.2) is 27.5 Å². The van der Waals surface area contributed by atoms with E-state index in [4.69, 9.17) is 16.3 Å². The van der Waals surface area contributed by atoms with Crippen LogP contribution in [0.3, 0.4) is 0 Å². The van der Waals surface area contributed by atoms with Crippen molar-refractivity contribution in [1.82, 2.24) is 9.97 Å². The van der Waals surface area contributed by atoms with Gasteiger partial charge in [0.25, 0.3) is 0 Å². The standard InChI is InChI=1S/C13H20ClN3O/c1-9(2)18-12-7-8-15-13(17-12)16-11-5-3-10(14)4-6-11/h7-11H,3-6H2,1-2H3,(H,15,16,17). The molecule has 1 aliphatic rings. The number of rotatable bonds is 4. The maximum Gasteiger partial charge on any atom is 0.226 e. The number of anilines is 1. The van der Waals surface area contributed by atoms with Crippen LogP contribution in [0.25, 0.3) is 0 Å². The van der Waals surface area contributed by atoms with Gasteiger partial charge in [0.2, 0.25) is 11.8 Å². The van der Waals surface area contributed by atoms with E-state index in [1.54, 1.807) is 12.3 Å². The molecule has 1 fully saturated rings. The second-order valence-corrected chi connectivity index (χ2v) is 5.60. The minimum Gasteiger partial charge on any atom is -0.475 e. The first-order chi connectivity index (χ1) is 8.63. The highest BCUT2D eigenvalue weighted by Crippen LogP contribution is 2.24. The van der Waals surface area contributed by atoms with E-state index >= 15 is 0 Å². The molecule has 1 aromatic rings. The first kappa shape index (κ1) is 13.4. The number of hydrogen-bond acceptors (Lipinski definition) is 4. The predicted octanol–water partition coefficient (Wildman–Crippen LogP) is 3.23. The number of alkyl halides is 1. The second kappa shape index (κ2) is 6.23. The van der Waals surface area contributed by atoms with Gasteiger partial charge in [-0.15, -0.1) is 11.6 Å². The fourth-order valence-corrected chi connectivity index (χ4v) is 2.35. The number of aromatic nitrogens is 2. The van der Waals surface area contributed by atoms with Crippen molar-refractivity contribution in [3.8, 4) is 5.88 Å². The third-order valence-corrected chi connectivity index (χ3v) is 3.41. The molecule has 1 heterocycles. The molecule has 1 aromatic heterocycles. The SMILES string of the molecule is CC(C)Oc1ccnc(NC2CCC(Cl)CC2)n1. The van der Waals surface area contributed by atoms with Gasteiger partial charge >= 0.3 is 0 Å². The summed E-state index contributed by atoms with van der Waals surface area (Å²) in [6.45, 7) is 3.97. The number of hydrogen-bond donors (Lipinski definition) is 1. The molecule has 0 aliphatic heterocycles. The summed E-state index contributed by atoms with van der Waals surface area (Å²) in [6.07, 6.45) is 6.11. The van der Waals surface area contributed by atoms with Crippen molar-refractivity contribution in [3.05, 3.63) is 12.3 Å². The average molecular weight is 270 g/mol. The van der Waals surface area contributed by atoms with Crippen molar-refractivity contribution in [2.24, 2.45) is 0 Å². The van der Waals surface area contributed by atoms with Crippen molar-refractivity contribution in [2.75, 3.05) is 5.32 Å². The van der Waals surface area contributed by atoms with Gasteiger partial charge in [-0.05, 0) is 39.5 Å². The number of nitrogens with one attached hydrogen (secondary N) is 1. The molecule has 18 heavy (non-hydrogen) atoms. The maximum absolute atomic E-state index is 6.09. The molecule has 5 heteroatoms. The van der Waals surface area contributed by atoms with Gasteiger partial charge in [0.15, 0.2) is 0 Å². The van der Waals surface area contributed by atoms with Gasteiger partial charge < -0.3 is 10.1 Å². The van der Waals surface area contributed by atoms with Crippen LogP contribution in [0.2, 0.25) is 0 Å². The highest BCUT2D eigenvalue weighted by molar-refractivity contribution is 6.20. The first-order valence-corrected chi connectivity index (χ1v) is 6.97. The molecular formula is C13H20ClN3O. The molecule has 100 valence electrons. The molecule has 4 nitrogen and oxygen atoms in total. The lowest BCUT2D eigenvalue weighted by Gasteiger charge is -2.25. The van der Waals surface area contributed by atoms with E-state index in [9.17, 15) is 0 Å². The van der Waals surface area contributed by atoms with Crippen LogP contribution in [0, 0.1) is 0 Å². The summed E-state index contributed by atoms with van der Waals surface area (Å²) in [5, 5.41) is 3.69. The van der Waals surface area contributed by atoms with Crippen LogP contribution < -0.4 is 10.1 Å². The monoisotopic (exact) mass is 269 g/mol. The fourth-order valence-electron chi connectivity index (χ4n) is 2.10. The third kappa shape index (κ3) is 4.02. The lowest BCUT2D eigenvalue weighted by atomic mass is 9.95. The normalized spacial score (nSPS) is 24.0. The minimum atomic E-state index is 0.124. The van der Waals surface area contributed by atoms with E-state index in [2.05, 4.69) is 15.3 Å². The van der Waals surface area contributed by atoms with Crippen LogP contribution in [-0.2, 0) is 0 Å². The summed E-state index contributed by atoms with van der Waals surface area (Å²) in [5.41, 5.74) is 0. The highest BCUT2D eigenvalue weighted by Gasteiger charge is 2.19. The van der Waals surface area contributed by atoms with E-state index in [-0.39, 0.29) is 6.10 Å². The van der Waals surface area contributed by atoms with Crippen molar-refractivity contribution in [3.63, 3.8) is 0 Å². The van der Waals surface area contributed by atoms with E-state index in [1.165, 1.54) is 0 Å². The van der Waals surface area contributed by atoms with Crippen LogP contribution in [0.4, 0.5) is 5.95 Å². The van der Waals surface area contributed by atoms with Crippen molar-refractivity contribution < 1.29 is 4.74 Å². The Labute approximate surface area is 113 Å². The Morgan fingerprint density at radius 3 is 2.72 bits per heavy atom. The average Bonchev–Trinajstić information content (AvgIpc) is 2.32. The number of ether oxygens (including phenoxy) is 1. The van der Waals surface area contributed by atoms with Gasteiger partial charge in [-0.25, -0.2) is 4.98 Å². The lowest BCUT2D eigenvalue weighted by Crippen LogP contribution is -2.27. The Bertz CT molecular complexity index is 378. The fraction of sp³-hybridized carbons (Fsp3) is 0.692. The molecule has 0 unspecified atom stereocenters. The highest BCUT2D eigenvalue weighted by atomic mass is 35.5. The van der Waals surface area contributed by atoms with Gasteiger partial charge in [0.05, 0.1) is 6.10 Å². The summed E-state index contributed by atoms with van der Waals surface area (Å²) in [5.74, 6) is 1.26. The second-order valence-electron chi connectivity index (χ2n) is 4.98. The van der Waals surface area contributed by atoms with Crippen molar-refractivity contribution in [1.29, 1.82) is 0 Å². The molecule has 0 aromatic carbocycles. The summed E-state index contributed by atoms with van der Waals surface area (Å²) in [7, 11) is 0. The molecular weight excluding hydrogens is 250 g/mol. The molecule has 2 rings (SSSR count). The van der Waals surface area contributed by atoms with Gasteiger partial charge in [-0.1, -0.05) is 0 Å². The van der Waals surface area contributed by atoms with E-state index in [0.29, 0.717) is 23.2 Å². The Hall–Kier alpha value is -1.03. The molecule has 1 N–H and O–H groups in total. The third-order valence-electron chi connectivity index (χ3n) is 2.98. The first-order valence-electron chi connectivity index (χ1n) is 6.54. The quantitative estimate of drug-likeness (QED) is 0.853. The largest absolute Gasteiger partial charge is 0.475 e. The van der Waals surface area contributed by atoms with Gasteiger partial charge in [-0.3, -0.25) is 0 Å². The Kier molecular flexibility index (Phi) is 4.64. The summed E-state index contributed by atoms with van der Waals surface area (Å²) in [6, 6.07) is 2.20. The van der Waals surface area contributed by atoms with Crippen LogP contribution in [0.5, 0.6) is 5.88 Å². The van der Waals surface area contributed by atoms with Gasteiger partial charge in [0, 0.05) is 23.7 Å². The molecule has 0 atom stereocenters. The minimum absolute atomic E-state index is 0.124. The van der Waals surface area contributed by atoms with Gasteiger partial charge in [-0.2, -0.15) is 4.98 Å². The van der Waals surface area contributed by atoms with Gasteiger partial charge in [0.1, 0.15) is 0 Å². The molecule has 1 aliphatic carbocycles. The molecule has 0 saturated heterocycles. The molecule has 0 bridgehead atoms. The summed E-state index contributed by atoms with van der Waals surface area (Å²) >= 11 is 6.09. The summed E-state index contributed by atoms with van der Waals surface area (Å²) in [4.78, 5) is 8.57. The summed E-state index contributed by atoms with van der Waals surface area (Å²) < 4.78 is 5.55. The Morgan fingerprint density at radius 1 is 1.33 bits per heavy atom. The van der Waals surface area contributed by atoms with Crippen LogP contribution >= 0.6 is 11.6 Å².